The lowest BCUT2D eigenvalue weighted by atomic mass is 9.77. The van der Waals surface area contributed by atoms with E-state index < -0.39 is 5.54 Å². The number of rotatable bonds is 7. The molecule has 0 heterocycles. The molecule has 4 heteroatoms. The number of nitrogens with one attached hydrogen (secondary N) is 1. The van der Waals surface area contributed by atoms with Crippen molar-refractivity contribution < 1.29 is 4.79 Å². The average Bonchev–Trinajstić information content (AvgIpc) is 2.35. The Bertz CT molecular complexity index is 293. The molecule has 2 atom stereocenters. The van der Waals surface area contributed by atoms with Crippen LogP contribution in [0, 0.1) is 0 Å². The minimum absolute atomic E-state index is 0.185. The van der Waals surface area contributed by atoms with Crippen molar-refractivity contribution in [1.82, 2.24) is 10.2 Å². The fourth-order valence-electron chi connectivity index (χ4n) is 3.19. The largest absolute Gasteiger partial charge is 0.368 e. The topological polar surface area (TPSA) is 58.4 Å². The van der Waals surface area contributed by atoms with Crippen molar-refractivity contribution in [3.8, 4) is 0 Å². The maximum atomic E-state index is 11.9. The molecule has 0 spiro atoms. The first-order valence-electron chi connectivity index (χ1n) is 7.69. The van der Waals surface area contributed by atoms with Gasteiger partial charge in [-0.15, -0.1) is 0 Å². The monoisotopic (exact) mass is 269 g/mol. The third-order valence-electron chi connectivity index (χ3n) is 4.25. The Morgan fingerprint density at radius 2 is 2.21 bits per heavy atom. The molecule has 1 amide bonds. The van der Waals surface area contributed by atoms with E-state index in [9.17, 15) is 4.79 Å². The standard InChI is InChI=1S/C15H31N3O/c1-5-6-10-18(4)13-8-7-9-15(11-13,14(16)19)17-12(2)3/h12-13,17H,5-11H2,1-4H3,(H2,16,19). The summed E-state index contributed by atoms with van der Waals surface area (Å²) < 4.78 is 0. The molecule has 0 saturated heterocycles. The summed E-state index contributed by atoms with van der Waals surface area (Å²) in [4.78, 5) is 14.3. The minimum atomic E-state index is -0.502. The van der Waals surface area contributed by atoms with E-state index in [0.717, 1.165) is 25.8 Å². The predicted molar refractivity (Wildman–Crippen MR) is 80.0 cm³/mol. The van der Waals surface area contributed by atoms with Crippen molar-refractivity contribution in [2.24, 2.45) is 5.73 Å². The summed E-state index contributed by atoms with van der Waals surface area (Å²) in [6.45, 7) is 7.48. The smallest absolute Gasteiger partial charge is 0.237 e. The van der Waals surface area contributed by atoms with E-state index in [0.29, 0.717) is 6.04 Å². The highest BCUT2D eigenvalue weighted by Crippen LogP contribution is 2.31. The number of unbranched alkanes of at least 4 members (excludes halogenated alkanes) is 1. The van der Waals surface area contributed by atoms with Gasteiger partial charge in [0.05, 0.1) is 5.54 Å². The molecule has 0 aromatic carbocycles. The molecule has 3 N–H and O–H groups in total. The van der Waals surface area contributed by atoms with Gasteiger partial charge in [0.2, 0.25) is 5.91 Å². The highest BCUT2D eigenvalue weighted by Gasteiger charge is 2.42. The summed E-state index contributed by atoms with van der Waals surface area (Å²) in [6.07, 6.45) is 6.40. The van der Waals surface area contributed by atoms with Crippen LogP contribution in [0.2, 0.25) is 0 Å². The quantitative estimate of drug-likeness (QED) is 0.742. The average molecular weight is 269 g/mol. The summed E-state index contributed by atoms with van der Waals surface area (Å²) in [5, 5.41) is 3.43. The van der Waals surface area contributed by atoms with Crippen molar-refractivity contribution in [2.45, 2.75) is 76.9 Å². The van der Waals surface area contributed by atoms with Gasteiger partial charge in [0, 0.05) is 12.1 Å². The van der Waals surface area contributed by atoms with Gasteiger partial charge in [-0.25, -0.2) is 0 Å². The van der Waals surface area contributed by atoms with Crippen LogP contribution in [0.25, 0.3) is 0 Å². The molecule has 1 aliphatic carbocycles. The number of nitrogens with zero attached hydrogens (tertiary/aromatic N) is 1. The van der Waals surface area contributed by atoms with Crippen molar-refractivity contribution in [3.63, 3.8) is 0 Å². The van der Waals surface area contributed by atoms with E-state index in [2.05, 4.69) is 38.0 Å². The van der Waals surface area contributed by atoms with Crippen molar-refractivity contribution >= 4 is 5.91 Å². The SMILES string of the molecule is CCCCN(C)C1CCCC(NC(C)C)(C(N)=O)C1. The molecule has 1 fully saturated rings. The minimum Gasteiger partial charge on any atom is -0.368 e. The third-order valence-corrected chi connectivity index (χ3v) is 4.25. The summed E-state index contributed by atoms with van der Waals surface area (Å²) in [5.41, 5.74) is 5.19. The van der Waals surface area contributed by atoms with Crippen molar-refractivity contribution in [3.05, 3.63) is 0 Å². The Hall–Kier alpha value is -0.610. The van der Waals surface area contributed by atoms with Crippen LogP contribution in [0.5, 0.6) is 0 Å². The second-order valence-corrected chi connectivity index (χ2v) is 6.33. The van der Waals surface area contributed by atoms with E-state index in [1.54, 1.807) is 0 Å². The fraction of sp³-hybridized carbons (Fsp3) is 0.933. The lowest BCUT2D eigenvalue weighted by Crippen LogP contribution is -2.62. The zero-order valence-corrected chi connectivity index (χ0v) is 13.0. The number of hydrogen-bond donors (Lipinski definition) is 2. The van der Waals surface area contributed by atoms with Crippen LogP contribution in [0.4, 0.5) is 0 Å². The fourth-order valence-corrected chi connectivity index (χ4v) is 3.19. The van der Waals surface area contributed by atoms with Crippen LogP contribution < -0.4 is 11.1 Å². The Morgan fingerprint density at radius 1 is 1.53 bits per heavy atom. The van der Waals surface area contributed by atoms with Crippen LogP contribution in [0.3, 0.4) is 0 Å². The Balaban J connectivity index is 2.71. The molecule has 112 valence electrons. The number of nitrogens with two attached hydrogens (primary N) is 1. The zero-order valence-electron chi connectivity index (χ0n) is 13.0. The molecule has 0 aromatic heterocycles. The molecule has 1 rings (SSSR count). The van der Waals surface area contributed by atoms with Crippen LogP contribution in [-0.2, 0) is 4.79 Å². The Morgan fingerprint density at radius 3 is 2.74 bits per heavy atom. The molecule has 0 radical (unpaired) electrons. The van der Waals surface area contributed by atoms with Crippen LogP contribution in [0.15, 0.2) is 0 Å². The van der Waals surface area contributed by atoms with Gasteiger partial charge in [0.25, 0.3) is 0 Å². The van der Waals surface area contributed by atoms with Gasteiger partial charge < -0.3 is 16.0 Å². The normalized spacial score (nSPS) is 28.0. The number of carbonyl (C=O) groups is 1. The molecule has 2 unspecified atom stereocenters. The Labute approximate surface area is 118 Å². The first kappa shape index (κ1) is 16.4. The summed E-state index contributed by atoms with van der Waals surface area (Å²) in [7, 11) is 2.17. The highest BCUT2D eigenvalue weighted by molar-refractivity contribution is 5.85. The third kappa shape index (κ3) is 4.46. The molecular formula is C15H31N3O. The second kappa shape index (κ2) is 7.25. The van der Waals surface area contributed by atoms with Gasteiger partial charge in [0.1, 0.15) is 0 Å². The zero-order chi connectivity index (χ0) is 14.5. The van der Waals surface area contributed by atoms with Gasteiger partial charge >= 0.3 is 0 Å². The van der Waals surface area contributed by atoms with Crippen molar-refractivity contribution in [2.75, 3.05) is 13.6 Å². The van der Waals surface area contributed by atoms with Gasteiger partial charge in [-0.05, 0) is 59.5 Å². The first-order valence-corrected chi connectivity index (χ1v) is 7.69. The van der Waals surface area contributed by atoms with E-state index >= 15 is 0 Å². The Kier molecular flexibility index (Phi) is 6.27. The molecule has 0 aromatic rings. The van der Waals surface area contributed by atoms with Crippen LogP contribution in [-0.4, -0.2) is 42.0 Å². The molecular weight excluding hydrogens is 238 g/mol. The number of hydrogen-bond acceptors (Lipinski definition) is 3. The molecule has 0 bridgehead atoms. The molecule has 1 aliphatic rings. The second-order valence-electron chi connectivity index (χ2n) is 6.33. The lowest BCUT2D eigenvalue weighted by Gasteiger charge is -2.43. The molecule has 1 saturated carbocycles. The van der Waals surface area contributed by atoms with Crippen molar-refractivity contribution in [1.29, 1.82) is 0 Å². The van der Waals surface area contributed by atoms with E-state index in [1.807, 2.05) is 0 Å². The first-order chi connectivity index (χ1) is 8.91. The lowest BCUT2D eigenvalue weighted by molar-refractivity contribution is -0.127. The maximum Gasteiger partial charge on any atom is 0.237 e. The summed E-state index contributed by atoms with van der Waals surface area (Å²) in [6, 6.07) is 0.756. The number of primary amides is 1. The van der Waals surface area contributed by atoms with E-state index in [1.165, 1.54) is 19.3 Å². The summed E-state index contributed by atoms with van der Waals surface area (Å²) >= 11 is 0. The highest BCUT2D eigenvalue weighted by atomic mass is 16.1. The van der Waals surface area contributed by atoms with Gasteiger partial charge in [-0.3, -0.25) is 4.79 Å². The van der Waals surface area contributed by atoms with Gasteiger partial charge in [-0.2, -0.15) is 0 Å². The van der Waals surface area contributed by atoms with Crippen LogP contribution in [0.1, 0.15) is 59.3 Å². The summed E-state index contributed by atoms with van der Waals surface area (Å²) in [5.74, 6) is -0.185. The molecule has 19 heavy (non-hydrogen) atoms. The van der Waals surface area contributed by atoms with E-state index in [-0.39, 0.29) is 11.9 Å². The van der Waals surface area contributed by atoms with Crippen LogP contribution >= 0.6 is 0 Å². The maximum absolute atomic E-state index is 11.9. The number of carbonyl (C=O) groups excluding carboxylic acids is 1. The molecule has 0 aliphatic heterocycles. The number of amides is 1. The predicted octanol–water partition coefficient (Wildman–Crippen LogP) is 1.88. The van der Waals surface area contributed by atoms with Gasteiger partial charge in [0.15, 0.2) is 0 Å². The van der Waals surface area contributed by atoms with Gasteiger partial charge in [-0.1, -0.05) is 13.3 Å². The molecule has 4 nitrogen and oxygen atoms in total. The van der Waals surface area contributed by atoms with E-state index in [4.69, 9.17) is 5.73 Å².